The molecule has 0 aliphatic heterocycles. The van der Waals surface area contributed by atoms with Crippen molar-refractivity contribution in [1.82, 2.24) is 14.7 Å². The Morgan fingerprint density at radius 1 is 1.19 bits per heavy atom. The van der Waals surface area contributed by atoms with Crippen molar-refractivity contribution >= 4 is 48.1 Å². The molecule has 3 rings (SSSR count). The Morgan fingerprint density at radius 3 is 2.67 bits per heavy atom. The van der Waals surface area contributed by atoms with Crippen molar-refractivity contribution in [3.63, 3.8) is 0 Å². The Balaban J connectivity index is 0.00000182. The van der Waals surface area contributed by atoms with Crippen molar-refractivity contribution in [1.29, 1.82) is 0 Å². The smallest absolute Gasteiger partial charge is 0.230 e. The molecular formula is C19H24Cl2N4OS. The van der Waals surface area contributed by atoms with Gasteiger partial charge in [0, 0.05) is 30.7 Å². The van der Waals surface area contributed by atoms with Crippen LogP contribution in [0.1, 0.15) is 22.9 Å². The van der Waals surface area contributed by atoms with Crippen LogP contribution in [0.4, 0.5) is 0 Å². The molecule has 1 unspecified atom stereocenters. The molecule has 0 saturated heterocycles. The average Bonchev–Trinajstić information content (AvgIpc) is 3.02. The topological polar surface area (TPSA) is 72.4 Å². The number of fused-ring (bicyclic) bond motifs is 1. The minimum absolute atomic E-state index is 0. The van der Waals surface area contributed by atoms with Crippen molar-refractivity contribution < 1.29 is 4.79 Å². The predicted octanol–water partition coefficient (Wildman–Crippen LogP) is 3.54. The number of rotatable bonds is 7. The third-order valence-corrected chi connectivity index (χ3v) is 4.84. The second kappa shape index (κ2) is 11.2. The number of pyridine rings is 1. The number of thioether (sulfide) groups is 1. The van der Waals surface area contributed by atoms with Gasteiger partial charge in [0.05, 0.1) is 11.4 Å². The van der Waals surface area contributed by atoms with E-state index < -0.39 is 0 Å². The van der Waals surface area contributed by atoms with E-state index in [2.05, 4.69) is 17.2 Å². The van der Waals surface area contributed by atoms with Crippen LogP contribution in [0.3, 0.4) is 0 Å². The zero-order valence-electron chi connectivity index (χ0n) is 15.0. The van der Waals surface area contributed by atoms with E-state index in [1.807, 2.05) is 59.3 Å². The van der Waals surface area contributed by atoms with Crippen molar-refractivity contribution in [2.75, 3.05) is 12.3 Å². The number of hydrogen-bond acceptors (Lipinski definition) is 4. The summed E-state index contributed by atoms with van der Waals surface area (Å²) < 4.78 is 2.02. The van der Waals surface area contributed by atoms with Crippen LogP contribution in [-0.4, -0.2) is 27.6 Å². The minimum atomic E-state index is -0.183. The van der Waals surface area contributed by atoms with Crippen LogP contribution in [-0.2, 0) is 10.5 Å². The molecule has 2 aromatic heterocycles. The number of aromatic nitrogens is 2. The van der Waals surface area contributed by atoms with Crippen LogP contribution >= 0.6 is 36.6 Å². The number of carbonyl (C=O) groups is 1. The monoisotopic (exact) mass is 426 g/mol. The summed E-state index contributed by atoms with van der Waals surface area (Å²) in [4.78, 5) is 16.5. The highest BCUT2D eigenvalue weighted by Gasteiger charge is 2.09. The van der Waals surface area contributed by atoms with Gasteiger partial charge < -0.3 is 15.5 Å². The van der Waals surface area contributed by atoms with Gasteiger partial charge in [0.2, 0.25) is 5.91 Å². The Hall–Kier alpha value is -1.73. The average molecular weight is 427 g/mol. The lowest BCUT2D eigenvalue weighted by Crippen LogP contribution is -2.33. The number of hydrogen-bond donors (Lipinski definition) is 2. The third-order valence-electron chi connectivity index (χ3n) is 3.88. The van der Waals surface area contributed by atoms with Gasteiger partial charge in [-0.25, -0.2) is 4.98 Å². The van der Waals surface area contributed by atoms with Gasteiger partial charge in [-0.15, -0.1) is 36.6 Å². The van der Waals surface area contributed by atoms with Gasteiger partial charge in [0.15, 0.2) is 0 Å². The molecule has 1 aromatic carbocycles. The van der Waals surface area contributed by atoms with Gasteiger partial charge in [-0.05, 0) is 24.1 Å². The summed E-state index contributed by atoms with van der Waals surface area (Å²) in [5.74, 6) is 1.10. The first kappa shape index (κ1) is 23.3. The summed E-state index contributed by atoms with van der Waals surface area (Å²) >= 11 is 1.55. The Bertz CT molecular complexity index is 857. The maximum absolute atomic E-state index is 12.0. The zero-order valence-corrected chi connectivity index (χ0v) is 17.4. The van der Waals surface area contributed by atoms with Gasteiger partial charge >= 0.3 is 0 Å². The van der Waals surface area contributed by atoms with Gasteiger partial charge in [-0.3, -0.25) is 4.79 Å². The summed E-state index contributed by atoms with van der Waals surface area (Å²) in [5, 5.41) is 2.89. The van der Waals surface area contributed by atoms with E-state index in [1.54, 1.807) is 11.8 Å². The first-order valence-electron chi connectivity index (χ1n) is 8.21. The normalized spacial score (nSPS) is 11.3. The summed E-state index contributed by atoms with van der Waals surface area (Å²) in [7, 11) is 0. The fourth-order valence-electron chi connectivity index (χ4n) is 2.57. The Labute approximate surface area is 175 Å². The van der Waals surface area contributed by atoms with E-state index in [-0.39, 0.29) is 36.8 Å². The SMILES string of the molecule is Cc1ccc2nc(CSCC(=O)NCC(N)c3ccccc3)cn2c1.Cl.Cl. The molecule has 0 aliphatic rings. The number of imidazole rings is 1. The Kier molecular flexibility index (Phi) is 9.66. The summed E-state index contributed by atoms with van der Waals surface area (Å²) in [6.07, 6.45) is 4.06. The summed E-state index contributed by atoms with van der Waals surface area (Å²) in [5.41, 5.74) is 10.2. The highest BCUT2D eigenvalue weighted by molar-refractivity contribution is 7.99. The fraction of sp³-hybridized carbons (Fsp3) is 0.263. The Morgan fingerprint density at radius 2 is 1.93 bits per heavy atom. The quantitative estimate of drug-likeness (QED) is 0.605. The fourth-order valence-corrected chi connectivity index (χ4v) is 3.30. The van der Waals surface area contributed by atoms with Crippen molar-refractivity contribution in [3.05, 3.63) is 71.7 Å². The number of nitrogens with zero attached hydrogens (tertiary/aromatic N) is 2. The molecular weight excluding hydrogens is 403 g/mol. The lowest BCUT2D eigenvalue weighted by atomic mass is 10.1. The molecule has 0 bridgehead atoms. The lowest BCUT2D eigenvalue weighted by Gasteiger charge is -2.12. The number of aryl methyl sites for hydroxylation is 1. The molecule has 0 radical (unpaired) electrons. The van der Waals surface area contributed by atoms with Crippen LogP contribution < -0.4 is 11.1 Å². The van der Waals surface area contributed by atoms with Crippen LogP contribution in [0.15, 0.2) is 54.9 Å². The number of benzene rings is 1. The van der Waals surface area contributed by atoms with Crippen LogP contribution in [0.2, 0.25) is 0 Å². The molecule has 27 heavy (non-hydrogen) atoms. The van der Waals surface area contributed by atoms with Crippen molar-refractivity contribution in [2.45, 2.75) is 18.7 Å². The molecule has 1 amide bonds. The van der Waals surface area contributed by atoms with E-state index in [9.17, 15) is 4.79 Å². The molecule has 2 heterocycles. The summed E-state index contributed by atoms with van der Waals surface area (Å²) in [6, 6.07) is 13.6. The number of amides is 1. The molecule has 0 aliphatic carbocycles. The van der Waals surface area contributed by atoms with Gasteiger partial charge in [-0.2, -0.15) is 0 Å². The van der Waals surface area contributed by atoms with E-state index in [0.29, 0.717) is 18.1 Å². The first-order chi connectivity index (χ1) is 12.1. The number of halogens is 2. The molecule has 0 spiro atoms. The van der Waals surface area contributed by atoms with Crippen LogP contribution in [0.25, 0.3) is 5.65 Å². The highest BCUT2D eigenvalue weighted by Crippen LogP contribution is 2.14. The van der Waals surface area contributed by atoms with Crippen LogP contribution in [0.5, 0.6) is 0 Å². The molecule has 3 aromatic rings. The van der Waals surface area contributed by atoms with Gasteiger partial charge in [0.25, 0.3) is 0 Å². The van der Waals surface area contributed by atoms with Crippen molar-refractivity contribution in [3.8, 4) is 0 Å². The molecule has 3 N–H and O–H groups in total. The van der Waals surface area contributed by atoms with Crippen LogP contribution in [0, 0.1) is 6.92 Å². The summed E-state index contributed by atoms with van der Waals surface area (Å²) in [6.45, 7) is 2.50. The minimum Gasteiger partial charge on any atom is -0.353 e. The largest absolute Gasteiger partial charge is 0.353 e. The van der Waals surface area contributed by atoms with Crippen molar-refractivity contribution in [2.24, 2.45) is 5.73 Å². The van der Waals surface area contributed by atoms with E-state index in [4.69, 9.17) is 5.73 Å². The van der Waals surface area contributed by atoms with E-state index >= 15 is 0 Å². The van der Waals surface area contributed by atoms with E-state index in [0.717, 1.165) is 16.9 Å². The molecule has 8 heteroatoms. The zero-order chi connectivity index (χ0) is 17.6. The predicted molar refractivity (Wildman–Crippen MR) is 117 cm³/mol. The number of carbonyl (C=O) groups excluding carboxylic acids is 1. The molecule has 0 fully saturated rings. The molecule has 146 valence electrons. The van der Waals surface area contributed by atoms with E-state index in [1.165, 1.54) is 5.56 Å². The number of nitrogens with one attached hydrogen (secondary N) is 1. The lowest BCUT2D eigenvalue weighted by molar-refractivity contribution is -0.118. The second-order valence-electron chi connectivity index (χ2n) is 6.02. The maximum atomic E-state index is 12.0. The molecule has 1 atom stereocenters. The highest BCUT2D eigenvalue weighted by atomic mass is 35.5. The van der Waals surface area contributed by atoms with Gasteiger partial charge in [-0.1, -0.05) is 36.4 Å². The first-order valence-corrected chi connectivity index (χ1v) is 9.36. The number of nitrogens with two attached hydrogens (primary N) is 1. The third kappa shape index (κ3) is 6.74. The molecule has 0 saturated carbocycles. The maximum Gasteiger partial charge on any atom is 0.230 e. The van der Waals surface area contributed by atoms with Gasteiger partial charge in [0.1, 0.15) is 5.65 Å². The molecule has 5 nitrogen and oxygen atoms in total. The second-order valence-corrected chi connectivity index (χ2v) is 7.00. The standard InChI is InChI=1S/C19H22N4OS.2ClH/c1-14-7-8-18-22-16(11-23(18)10-14)12-25-13-19(24)21-9-17(20)15-5-3-2-4-6-15;;/h2-8,10-11,17H,9,12-13,20H2,1H3,(H,21,24);2*1H.